The summed E-state index contributed by atoms with van der Waals surface area (Å²) in [6, 6.07) is 11.3. The number of rotatable bonds is 2. The Hall–Kier alpha value is -2.16. The lowest BCUT2D eigenvalue weighted by Gasteiger charge is -2.11. The molecule has 0 fully saturated rings. The normalized spacial score (nSPS) is 13.3. The maximum Gasteiger partial charge on any atom is 0.256 e. The summed E-state index contributed by atoms with van der Waals surface area (Å²) < 4.78 is 0. The Bertz CT molecular complexity index is 685. The topological polar surface area (TPSA) is 64.9 Å². The number of amides is 1. The van der Waals surface area contributed by atoms with Crippen LogP contribution in [0.3, 0.4) is 0 Å². The molecule has 1 aromatic carbocycles. The van der Waals surface area contributed by atoms with Gasteiger partial charge in [0.1, 0.15) is 11.1 Å². The Balaban J connectivity index is 1.90. The number of fused-ring (bicyclic) bond motifs is 1. The van der Waals surface area contributed by atoms with Gasteiger partial charge in [-0.15, -0.1) is 11.3 Å². The lowest BCUT2D eigenvalue weighted by Crippen LogP contribution is -2.22. The maximum atomic E-state index is 12.2. The molecule has 0 unspecified atom stereocenters. The minimum Gasteiger partial charge on any atom is -0.312 e. The van der Waals surface area contributed by atoms with Crippen LogP contribution in [0.15, 0.2) is 30.3 Å². The van der Waals surface area contributed by atoms with Crippen LogP contribution in [0.25, 0.3) is 0 Å². The van der Waals surface area contributed by atoms with E-state index in [4.69, 9.17) is 0 Å². The highest BCUT2D eigenvalue weighted by Gasteiger charge is 2.21. The highest BCUT2D eigenvalue weighted by Crippen LogP contribution is 2.34. The summed E-state index contributed by atoms with van der Waals surface area (Å²) in [5, 5.41) is 16.1. The molecular weight excluding hydrogens is 270 g/mol. The first-order valence-electron chi connectivity index (χ1n) is 6.41. The van der Waals surface area contributed by atoms with Crippen molar-refractivity contribution in [1.82, 2.24) is 5.32 Å². The largest absolute Gasteiger partial charge is 0.312 e. The minimum absolute atomic E-state index is 0.173. The highest BCUT2D eigenvalue weighted by atomic mass is 32.1. The number of hydrogen-bond donors (Lipinski definition) is 2. The van der Waals surface area contributed by atoms with Gasteiger partial charge in [0, 0.05) is 17.0 Å². The second kappa shape index (κ2) is 5.45. The molecule has 1 aromatic heterocycles. The van der Waals surface area contributed by atoms with Gasteiger partial charge in [-0.05, 0) is 30.7 Å². The zero-order chi connectivity index (χ0) is 13.9. The average Bonchev–Trinajstić information content (AvgIpc) is 2.85. The van der Waals surface area contributed by atoms with Gasteiger partial charge in [0.25, 0.3) is 5.91 Å². The van der Waals surface area contributed by atoms with Crippen molar-refractivity contribution in [3.8, 4) is 6.07 Å². The summed E-state index contributed by atoms with van der Waals surface area (Å²) in [5.41, 5.74) is 2.30. The van der Waals surface area contributed by atoms with Crippen molar-refractivity contribution in [3.05, 3.63) is 51.9 Å². The Morgan fingerprint density at radius 2 is 2.15 bits per heavy atom. The molecule has 20 heavy (non-hydrogen) atoms. The van der Waals surface area contributed by atoms with E-state index in [1.807, 2.05) is 18.2 Å². The summed E-state index contributed by atoms with van der Waals surface area (Å²) in [5.74, 6) is -0.173. The molecule has 0 bridgehead atoms. The van der Waals surface area contributed by atoms with E-state index in [2.05, 4.69) is 16.7 Å². The Kier molecular flexibility index (Phi) is 3.50. The Labute approximate surface area is 121 Å². The summed E-state index contributed by atoms with van der Waals surface area (Å²) in [6.07, 6.45) is 0.843. The first-order valence-corrected chi connectivity index (χ1v) is 7.23. The quantitative estimate of drug-likeness (QED) is 0.890. The van der Waals surface area contributed by atoms with Gasteiger partial charge in [0.2, 0.25) is 0 Å². The van der Waals surface area contributed by atoms with E-state index in [0.717, 1.165) is 30.0 Å². The fourth-order valence-corrected chi connectivity index (χ4v) is 3.47. The van der Waals surface area contributed by atoms with Crippen LogP contribution in [-0.2, 0) is 13.0 Å². The highest BCUT2D eigenvalue weighted by molar-refractivity contribution is 7.16. The van der Waals surface area contributed by atoms with Gasteiger partial charge >= 0.3 is 0 Å². The molecule has 1 amide bonds. The van der Waals surface area contributed by atoms with Gasteiger partial charge in [-0.1, -0.05) is 18.2 Å². The summed E-state index contributed by atoms with van der Waals surface area (Å²) in [7, 11) is 0. The van der Waals surface area contributed by atoms with E-state index in [0.29, 0.717) is 16.1 Å². The lowest BCUT2D eigenvalue weighted by molar-refractivity contribution is 0.102. The van der Waals surface area contributed by atoms with E-state index in [1.165, 1.54) is 11.3 Å². The van der Waals surface area contributed by atoms with E-state index in [-0.39, 0.29) is 5.91 Å². The van der Waals surface area contributed by atoms with Crippen LogP contribution >= 0.6 is 11.3 Å². The predicted molar refractivity (Wildman–Crippen MR) is 78.8 cm³/mol. The third-order valence-corrected chi connectivity index (χ3v) is 4.45. The smallest absolute Gasteiger partial charge is 0.256 e. The average molecular weight is 283 g/mol. The second-order valence-electron chi connectivity index (χ2n) is 4.57. The molecule has 2 heterocycles. The van der Waals surface area contributed by atoms with Crippen molar-refractivity contribution in [2.24, 2.45) is 0 Å². The van der Waals surface area contributed by atoms with Crippen molar-refractivity contribution in [1.29, 1.82) is 5.26 Å². The van der Waals surface area contributed by atoms with Gasteiger partial charge in [0.15, 0.2) is 0 Å². The molecule has 1 aliphatic rings. The Morgan fingerprint density at radius 3 is 2.90 bits per heavy atom. The first-order chi connectivity index (χ1) is 9.79. The molecule has 0 spiro atoms. The molecule has 3 rings (SSSR count). The number of nitrogens with one attached hydrogen (secondary N) is 2. The second-order valence-corrected chi connectivity index (χ2v) is 5.67. The maximum absolute atomic E-state index is 12.2. The number of benzene rings is 1. The van der Waals surface area contributed by atoms with Crippen LogP contribution in [0.4, 0.5) is 5.00 Å². The van der Waals surface area contributed by atoms with Crippen molar-refractivity contribution in [3.63, 3.8) is 0 Å². The summed E-state index contributed by atoms with van der Waals surface area (Å²) in [4.78, 5) is 13.3. The number of nitrogens with zero attached hydrogens (tertiary/aromatic N) is 1. The predicted octanol–water partition coefficient (Wildman–Crippen LogP) is 2.52. The summed E-state index contributed by atoms with van der Waals surface area (Å²) >= 11 is 1.49. The van der Waals surface area contributed by atoms with Crippen molar-refractivity contribution >= 4 is 22.2 Å². The molecule has 2 aromatic rings. The van der Waals surface area contributed by atoms with Crippen LogP contribution in [0.1, 0.15) is 26.4 Å². The number of carbonyl (C=O) groups excluding carboxylic acids is 1. The lowest BCUT2D eigenvalue weighted by atomic mass is 10.0. The molecule has 0 radical (unpaired) electrons. The van der Waals surface area contributed by atoms with Crippen LogP contribution in [-0.4, -0.2) is 12.5 Å². The van der Waals surface area contributed by atoms with E-state index in [1.54, 1.807) is 12.1 Å². The minimum atomic E-state index is -0.173. The fraction of sp³-hybridized carbons (Fsp3) is 0.200. The van der Waals surface area contributed by atoms with Gasteiger partial charge in [-0.2, -0.15) is 5.26 Å². The number of thiophene rings is 1. The van der Waals surface area contributed by atoms with Gasteiger partial charge in [-0.25, -0.2) is 0 Å². The van der Waals surface area contributed by atoms with Crippen molar-refractivity contribution in [2.45, 2.75) is 13.0 Å². The molecule has 100 valence electrons. The van der Waals surface area contributed by atoms with Crippen molar-refractivity contribution in [2.75, 3.05) is 11.9 Å². The van der Waals surface area contributed by atoms with E-state index < -0.39 is 0 Å². The Morgan fingerprint density at radius 1 is 1.35 bits per heavy atom. The standard InChI is InChI=1S/C15H13N3OS/c16-8-12-11-6-7-17-9-13(11)20-15(12)18-14(19)10-4-2-1-3-5-10/h1-5,17H,6-7,9H2,(H,18,19). The number of carbonyl (C=O) groups is 1. The molecule has 2 N–H and O–H groups in total. The van der Waals surface area contributed by atoms with E-state index >= 15 is 0 Å². The van der Waals surface area contributed by atoms with Gasteiger partial charge < -0.3 is 10.6 Å². The molecule has 0 aliphatic carbocycles. The zero-order valence-electron chi connectivity index (χ0n) is 10.8. The molecule has 0 saturated heterocycles. The molecule has 0 atom stereocenters. The van der Waals surface area contributed by atoms with E-state index in [9.17, 15) is 10.1 Å². The van der Waals surface area contributed by atoms with Crippen LogP contribution < -0.4 is 10.6 Å². The number of nitriles is 1. The van der Waals surface area contributed by atoms with Gasteiger partial charge in [0.05, 0.1) is 5.56 Å². The molecule has 0 saturated carbocycles. The number of anilines is 1. The summed E-state index contributed by atoms with van der Waals surface area (Å²) in [6.45, 7) is 1.65. The third kappa shape index (κ3) is 2.31. The third-order valence-electron chi connectivity index (χ3n) is 3.30. The van der Waals surface area contributed by atoms with Crippen LogP contribution in [0.5, 0.6) is 0 Å². The molecular formula is C15H13N3OS. The molecule has 4 nitrogen and oxygen atoms in total. The van der Waals surface area contributed by atoms with Crippen molar-refractivity contribution < 1.29 is 4.79 Å². The fourth-order valence-electron chi connectivity index (χ4n) is 2.31. The van der Waals surface area contributed by atoms with Crippen LogP contribution in [0.2, 0.25) is 0 Å². The first kappa shape index (κ1) is 12.9. The zero-order valence-corrected chi connectivity index (χ0v) is 11.6. The monoisotopic (exact) mass is 283 g/mol. The molecule has 5 heteroatoms. The number of hydrogen-bond acceptors (Lipinski definition) is 4. The molecule has 1 aliphatic heterocycles. The van der Waals surface area contributed by atoms with Crippen LogP contribution in [0, 0.1) is 11.3 Å². The van der Waals surface area contributed by atoms with Gasteiger partial charge in [-0.3, -0.25) is 4.79 Å². The SMILES string of the molecule is N#Cc1c(NC(=O)c2ccccc2)sc2c1CCNC2.